The zero-order valence-corrected chi connectivity index (χ0v) is 17.8. The summed E-state index contributed by atoms with van der Waals surface area (Å²) in [7, 11) is 1.70. The van der Waals surface area contributed by atoms with Gasteiger partial charge in [-0.25, -0.2) is 0 Å². The van der Waals surface area contributed by atoms with Gasteiger partial charge in [-0.1, -0.05) is 34.1 Å². The van der Waals surface area contributed by atoms with Gasteiger partial charge in [-0.3, -0.25) is 4.79 Å². The zero-order chi connectivity index (χ0) is 19.5. The van der Waals surface area contributed by atoms with Crippen molar-refractivity contribution in [2.75, 3.05) is 26.8 Å². The summed E-state index contributed by atoms with van der Waals surface area (Å²) in [5.74, 6) is 1.44. The maximum atomic E-state index is 13.1. The minimum atomic E-state index is -0.0475. The van der Waals surface area contributed by atoms with E-state index in [0.717, 1.165) is 35.0 Å². The molecule has 1 saturated heterocycles. The second kappa shape index (κ2) is 8.66. The first kappa shape index (κ1) is 19.5. The van der Waals surface area contributed by atoms with Gasteiger partial charge in [0.2, 0.25) is 5.91 Å². The lowest BCUT2D eigenvalue weighted by atomic mass is 9.80. The molecule has 1 amide bonds. The molecule has 2 aliphatic rings. The van der Waals surface area contributed by atoms with E-state index in [-0.39, 0.29) is 12.0 Å². The SMILES string of the molecule is COc1ccc2c(c1)CCCC2CC(=O)N1CCOC(c2ccc(Br)cc2)C1. The van der Waals surface area contributed by atoms with Gasteiger partial charge >= 0.3 is 0 Å². The van der Waals surface area contributed by atoms with Crippen molar-refractivity contribution < 1.29 is 14.3 Å². The fourth-order valence-electron chi connectivity index (χ4n) is 4.33. The Morgan fingerprint density at radius 2 is 2.07 bits per heavy atom. The first-order valence-corrected chi connectivity index (χ1v) is 10.7. The minimum Gasteiger partial charge on any atom is -0.497 e. The van der Waals surface area contributed by atoms with Crippen LogP contribution in [0.4, 0.5) is 0 Å². The Balaban J connectivity index is 1.43. The molecule has 0 radical (unpaired) electrons. The van der Waals surface area contributed by atoms with Crippen LogP contribution < -0.4 is 4.74 Å². The Morgan fingerprint density at radius 3 is 2.86 bits per heavy atom. The number of carbonyl (C=O) groups is 1. The van der Waals surface area contributed by atoms with E-state index in [1.54, 1.807) is 7.11 Å². The molecule has 0 N–H and O–H groups in total. The summed E-state index contributed by atoms with van der Waals surface area (Å²) < 4.78 is 12.3. The molecule has 4 nitrogen and oxygen atoms in total. The molecule has 2 aromatic carbocycles. The van der Waals surface area contributed by atoms with Gasteiger partial charge in [0.25, 0.3) is 0 Å². The van der Waals surface area contributed by atoms with Crippen molar-refractivity contribution in [1.82, 2.24) is 4.90 Å². The molecule has 28 heavy (non-hydrogen) atoms. The van der Waals surface area contributed by atoms with Crippen molar-refractivity contribution in [1.29, 1.82) is 0 Å². The number of rotatable bonds is 4. The van der Waals surface area contributed by atoms with Gasteiger partial charge in [0.05, 0.1) is 20.3 Å². The van der Waals surface area contributed by atoms with Crippen LogP contribution >= 0.6 is 15.9 Å². The maximum Gasteiger partial charge on any atom is 0.223 e. The van der Waals surface area contributed by atoms with E-state index in [2.05, 4.69) is 40.2 Å². The van der Waals surface area contributed by atoms with Crippen molar-refractivity contribution in [2.45, 2.75) is 37.7 Å². The van der Waals surface area contributed by atoms with E-state index in [0.29, 0.717) is 32.0 Å². The Bertz CT molecular complexity index is 836. The first-order chi connectivity index (χ1) is 13.6. The van der Waals surface area contributed by atoms with Crippen LogP contribution in [-0.2, 0) is 16.0 Å². The fourth-order valence-corrected chi connectivity index (χ4v) is 4.59. The molecule has 2 atom stereocenters. The molecule has 1 heterocycles. The van der Waals surface area contributed by atoms with Crippen molar-refractivity contribution in [3.8, 4) is 5.75 Å². The first-order valence-electron chi connectivity index (χ1n) is 9.95. The molecule has 2 aromatic rings. The lowest BCUT2D eigenvalue weighted by molar-refractivity contribution is -0.139. The lowest BCUT2D eigenvalue weighted by Crippen LogP contribution is -2.42. The third kappa shape index (κ3) is 4.26. The summed E-state index contributed by atoms with van der Waals surface area (Å²) in [6, 6.07) is 14.5. The summed E-state index contributed by atoms with van der Waals surface area (Å²) >= 11 is 3.47. The van der Waals surface area contributed by atoms with Crippen LogP contribution in [0.25, 0.3) is 0 Å². The molecule has 1 aliphatic heterocycles. The molecule has 1 aliphatic carbocycles. The number of fused-ring (bicyclic) bond motifs is 1. The van der Waals surface area contributed by atoms with E-state index in [1.165, 1.54) is 11.1 Å². The highest BCUT2D eigenvalue weighted by molar-refractivity contribution is 9.10. The van der Waals surface area contributed by atoms with Crippen molar-refractivity contribution in [2.24, 2.45) is 0 Å². The number of nitrogens with zero attached hydrogens (tertiary/aromatic N) is 1. The number of benzene rings is 2. The predicted molar refractivity (Wildman–Crippen MR) is 113 cm³/mol. The number of hydrogen-bond acceptors (Lipinski definition) is 3. The van der Waals surface area contributed by atoms with Crippen molar-refractivity contribution in [3.63, 3.8) is 0 Å². The molecule has 0 saturated carbocycles. The molecule has 4 rings (SSSR count). The van der Waals surface area contributed by atoms with E-state index in [1.807, 2.05) is 23.1 Å². The van der Waals surface area contributed by atoms with Crippen LogP contribution in [0.5, 0.6) is 5.75 Å². The van der Waals surface area contributed by atoms with E-state index in [4.69, 9.17) is 9.47 Å². The number of amides is 1. The number of ether oxygens (including phenoxy) is 2. The maximum absolute atomic E-state index is 13.1. The summed E-state index contributed by atoms with van der Waals surface area (Å²) in [6.45, 7) is 1.89. The van der Waals surface area contributed by atoms with Gasteiger partial charge in [0.15, 0.2) is 0 Å². The largest absolute Gasteiger partial charge is 0.497 e. The number of carbonyl (C=O) groups excluding carboxylic acids is 1. The zero-order valence-electron chi connectivity index (χ0n) is 16.2. The van der Waals surface area contributed by atoms with E-state index in [9.17, 15) is 4.79 Å². The molecular weight excluding hydrogens is 418 g/mol. The number of halogens is 1. The van der Waals surface area contributed by atoms with Gasteiger partial charge in [0.1, 0.15) is 11.9 Å². The van der Waals surface area contributed by atoms with Crippen LogP contribution in [0.1, 0.15) is 48.0 Å². The van der Waals surface area contributed by atoms with Gasteiger partial charge in [-0.05, 0) is 66.1 Å². The molecule has 0 bridgehead atoms. The second-order valence-electron chi connectivity index (χ2n) is 7.61. The topological polar surface area (TPSA) is 38.8 Å². The molecule has 0 aromatic heterocycles. The normalized spacial score (nSPS) is 21.9. The lowest BCUT2D eigenvalue weighted by Gasteiger charge is -2.35. The molecule has 0 spiro atoms. The fraction of sp³-hybridized carbons (Fsp3) is 0.435. The number of methoxy groups -OCH3 is 1. The highest BCUT2D eigenvalue weighted by Gasteiger charge is 2.29. The highest BCUT2D eigenvalue weighted by atomic mass is 79.9. The van der Waals surface area contributed by atoms with Gasteiger partial charge in [-0.2, -0.15) is 0 Å². The third-order valence-corrected chi connectivity index (χ3v) is 6.40. The van der Waals surface area contributed by atoms with Crippen molar-refractivity contribution >= 4 is 21.8 Å². The van der Waals surface area contributed by atoms with Gasteiger partial charge < -0.3 is 14.4 Å². The predicted octanol–water partition coefficient (Wildman–Crippen LogP) is 4.87. The number of aryl methyl sites for hydroxylation is 1. The van der Waals surface area contributed by atoms with Gasteiger partial charge in [-0.15, -0.1) is 0 Å². The smallest absolute Gasteiger partial charge is 0.223 e. The molecule has 2 unspecified atom stereocenters. The monoisotopic (exact) mass is 443 g/mol. The van der Waals surface area contributed by atoms with Crippen LogP contribution in [-0.4, -0.2) is 37.6 Å². The summed E-state index contributed by atoms with van der Waals surface area (Å²) in [5, 5.41) is 0. The van der Waals surface area contributed by atoms with Crippen molar-refractivity contribution in [3.05, 3.63) is 63.6 Å². The quantitative estimate of drug-likeness (QED) is 0.676. The Morgan fingerprint density at radius 1 is 1.25 bits per heavy atom. The van der Waals surface area contributed by atoms with Gasteiger partial charge in [0, 0.05) is 17.4 Å². The van der Waals surface area contributed by atoms with Crippen LogP contribution in [0, 0.1) is 0 Å². The molecule has 5 heteroatoms. The van der Waals surface area contributed by atoms with E-state index < -0.39 is 0 Å². The van der Waals surface area contributed by atoms with E-state index >= 15 is 0 Å². The average Bonchev–Trinajstić information content (AvgIpc) is 2.74. The van der Waals surface area contributed by atoms with Crippen LogP contribution in [0.2, 0.25) is 0 Å². The number of morpholine rings is 1. The highest BCUT2D eigenvalue weighted by Crippen LogP contribution is 2.36. The summed E-state index contributed by atoms with van der Waals surface area (Å²) in [4.78, 5) is 15.0. The molecule has 1 fully saturated rings. The third-order valence-electron chi connectivity index (χ3n) is 5.87. The standard InChI is InChI=1S/C23H26BrNO3/c1-27-20-9-10-21-17(13-20)3-2-4-18(21)14-23(26)25-11-12-28-22(15-25)16-5-7-19(24)8-6-16/h5-10,13,18,22H,2-4,11-12,14-15H2,1H3. The summed E-state index contributed by atoms with van der Waals surface area (Å²) in [5.41, 5.74) is 3.77. The average molecular weight is 444 g/mol. The Kier molecular flexibility index (Phi) is 6.02. The van der Waals surface area contributed by atoms with Crippen LogP contribution in [0.3, 0.4) is 0 Å². The minimum absolute atomic E-state index is 0.0475. The second-order valence-corrected chi connectivity index (χ2v) is 8.52. The molecule has 148 valence electrons. The number of hydrogen-bond donors (Lipinski definition) is 0. The Hall–Kier alpha value is -1.85. The summed E-state index contributed by atoms with van der Waals surface area (Å²) in [6.07, 6.45) is 3.80. The molecular formula is C23H26BrNO3. The Labute approximate surface area is 175 Å². The van der Waals surface area contributed by atoms with Crippen LogP contribution in [0.15, 0.2) is 46.9 Å².